The van der Waals surface area contributed by atoms with E-state index in [1.165, 1.54) is 0 Å². The molecule has 2 rings (SSSR count). The first-order chi connectivity index (χ1) is 9.76. The Morgan fingerprint density at radius 3 is 2.24 bits per heavy atom. The Balaban J connectivity index is 2.39. The number of hydrogen-bond acceptors (Lipinski definition) is 4. The van der Waals surface area contributed by atoms with Crippen LogP contribution in [0.15, 0.2) is 27.1 Å². The lowest BCUT2D eigenvalue weighted by Crippen LogP contribution is -2.37. The molecule has 1 aromatic rings. The van der Waals surface area contributed by atoms with Crippen molar-refractivity contribution in [2.45, 2.75) is 13.3 Å². The molecule has 0 N–H and O–H groups in total. The van der Waals surface area contributed by atoms with Crippen molar-refractivity contribution in [2.24, 2.45) is 0 Å². The van der Waals surface area contributed by atoms with Gasteiger partial charge in [-0.15, -0.1) is 0 Å². The van der Waals surface area contributed by atoms with Gasteiger partial charge in [0.1, 0.15) is 6.54 Å². The summed E-state index contributed by atoms with van der Waals surface area (Å²) < 4.78 is 26.0. The van der Waals surface area contributed by atoms with Crippen LogP contribution in [-0.4, -0.2) is 37.0 Å². The fourth-order valence-corrected chi connectivity index (χ4v) is 4.62. The number of rotatable bonds is 4. The second-order valence-electron chi connectivity index (χ2n) is 4.46. The number of halogens is 2. The molecule has 0 atom stereocenters. The van der Waals surface area contributed by atoms with Crippen LogP contribution in [0.5, 0.6) is 0 Å². The fraction of sp³-hybridized carbons (Fsp3) is 0.333. The van der Waals surface area contributed by atoms with E-state index >= 15 is 0 Å². The van der Waals surface area contributed by atoms with Crippen LogP contribution in [0.2, 0.25) is 0 Å². The lowest BCUT2D eigenvalue weighted by Gasteiger charge is -2.17. The molecule has 3 amide bonds. The highest BCUT2D eigenvalue weighted by molar-refractivity contribution is 9.11. The number of nitrogens with zero attached hydrogens (tertiary/aromatic N) is 2. The lowest BCUT2D eigenvalue weighted by molar-refractivity contribution is -0.116. The molecule has 6 nitrogen and oxygen atoms in total. The molecule has 0 bridgehead atoms. The number of benzene rings is 1. The van der Waals surface area contributed by atoms with Gasteiger partial charge in [-0.05, 0) is 24.6 Å². The smallest absolute Gasteiger partial charge is 0.272 e. The van der Waals surface area contributed by atoms with E-state index in [2.05, 4.69) is 31.9 Å². The molecule has 21 heavy (non-hydrogen) atoms. The fourth-order valence-electron chi connectivity index (χ4n) is 1.99. The second kappa shape index (κ2) is 6.05. The molecule has 0 aliphatic carbocycles. The number of carbonyl (C=O) groups excluding carboxylic acids is 2. The third-order valence-corrected chi connectivity index (χ3v) is 5.63. The first-order valence-corrected chi connectivity index (χ1v) is 9.29. The monoisotopic (exact) mass is 438 g/mol. The zero-order valence-corrected chi connectivity index (χ0v) is 15.0. The molecule has 1 aliphatic rings. The molecule has 1 aromatic carbocycles. The van der Waals surface area contributed by atoms with Crippen LogP contribution in [0.1, 0.15) is 13.3 Å². The molecule has 1 saturated heterocycles. The molecule has 1 fully saturated rings. The second-order valence-corrected chi connectivity index (χ2v) is 8.31. The molecule has 0 aromatic heterocycles. The number of urea groups is 1. The standard InChI is InChI=1S/C12H12Br2N2O4S/c1-2-3-21(19,20)15-7-11(17)16(12(15)18)10-5-8(13)4-9(14)6-10/h4-6H,2-3,7H2,1H3. The Bertz CT molecular complexity index is 685. The van der Waals surface area contributed by atoms with Gasteiger partial charge in [-0.25, -0.2) is 22.4 Å². The molecule has 1 heterocycles. The van der Waals surface area contributed by atoms with Gasteiger partial charge < -0.3 is 0 Å². The van der Waals surface area contributed by atoms with E-state index in [1.807, 2.05) is 0 Å². The van der Waals surface area contributed by atoms with Gasteiger partial charge in [0.15, 0.2) is 0 Å². The van der Waals surface area contributed by atoms with Crippen LogP contribution in [0.25, 0.3) is 0 Å². The van der Waals surface area contributed by atoms with Crippen LogP contribution >= 0.6 is 31.9 Å². The number of imide groups is 1. The van der Waals surface area contributed by atoms with Crippen molar-refractivity contribution in [3.8, 4) is 0 Å². The van der Waals surface area contributed by atoms with Gasteiger partial charge >= 0.3 is 6.03 Å². The Labute approximate surface area is 139 Å². The molecular formula is C12H12Br2N2O4S. The van der Waals surface area contributed by atoms with Crippen molar-refractivity contribution in [1.82, 2.24) is 4.31 Å². The van der Waals surface area contributed by atoms with Crippen molar-refractivity contribution in [3.63, 3.8) is 0 Å². The molecule has 0 spiro atoms. The number of sulfonamides is 1. The van der Waals surface area contributed by atoms with Crippen LogP contribution in [0.4, 0.5) is 10.5 Å². The number of amides is 3. The van der Waals surface area contributed by atoms with E-state index in [1.54, 1.807) is 25.1 Å². The quantitative estimate of drug-likeness (QED) is 0.676. The van der Waals surface area contributed by atoms with E-state index in [0.29, 0.717) is 25.4 Å². The van der Waals surface area contributed by atoms with Gasteiger partial charge in [0.2, 0.25) is 10.0 Å². The number of carbonyl (C=O) groups is 2. The molecule has 114 valence electrons. The number of anilines is 1. The highest BCUT2D eigenvalue weighted by atomic mass is 79.9. The summed E-state index contributed by atoms with van der Waals surface area (Å²) >= 11 is 6.54. The van der Waals surface area contributed by atoms with Crippen LogP contribution < -0.4 is 4.90 Å². The van der Waals surface area contributed by atoms with Crippen molar-refractivity contribution in [2.75, 3.05) is 17.2 Å². The maximum absolute atomic E-state index is 12.3. The van der Waals surface area contributed by atoms with Crippen molar-refractivity contribution in [3.05, 3.63) is 27.1 Å². The summed E-state index contributed by atoms with van der Waals surface area (Å²) in [5, 5.41) is 0. The largest absolute Gasteiger partial charge is 0.345 e. The van der Waals surface area contributed by atoms with E-state index < -0.39 is 28.5 Å². The highest BCUT2D eigenvalue weighted by Gasteiger charge is 2.43. The molecule has 1 aliphatic heterocycles. The van der Waals surface area contributed by atoms with Crippen molar-refractivity contribution < 1.29 is 18.0 Å². The maximum atomic E-state index is 12.3. The summed E-state index contributed by atoms with van der Waals surface area (Å²) in [7, 11) is -3.76. The lowest BCUT2D eigenvalue weighted by atomic mass is 10.3. The predicted octanol–water partition coefficient (Wildman–Crippen LogP) is 2.72. The minimum atomic E-state index is -3.76. The summed E-state index contributed by atoms with van der Waals surface area (Å²) in [5.41, 5.74) is 0.320. The highest BCUT2D eigenvalue weighted by Crippen LogP contribution is 2.29. The summed E-state index contributed by atoms with van der Waals surface area (Å²) in [6.07, 6.45) is 0.378. The Morgan fingerprint density at radius 1 is 1.14 bits per heavy atom. The summed E-state index contributed by atoms with van der Waals surface area (Å²) in [4.78, 5) is 25.2. The average molecular weight is 440 g/mol. The first kappa shape index (κ1) is 16.4. The van der Waals surface area contributed by atoms with Gasteiger partial charge in [0.05, 0.1) is 11.4 Å². The van der Waals surface area contributed by atoms with Crippen LogP contribution in [0.3, 0.4) is 0 Å². The Kier molecular flexibility index (Phi) is 4.74. The van der Waals surface area contributed by atoms with Crippen LogP contribution in [0, 0.1) is 0 Å². The Morgan fingerprint density at radius 2 is 1.71 bits per heavy atom. The van der Waals surface area contributed by atoms with Crippen molar-refractivity contribution >= 4 is 59.5 Å². The van der Waals surface area contributed by atoms with Crippen LogP contribution in [-0.2, 0) is 14.8 Å². The third-order valence-electron chi connectivity index (χ3n) is 2.84. The van der Waals surface area contributed by atoms with Gasteiger partial charge in [-0.3, -0.25) is 4.79 Å². The van der Waals surface area contributed by atoms with E-state index in [9.17, 15) is 18.0 Å². The third kappa shape index (κ3) is 3.29. The van der Waals surface area contributed by atoms with E-state index in [4.69, 9.17) is 0 Å². The molecule has 9 heteroatoms. The Hall–Kier alpha value is -0.930. The van der Waals surface area contributed by atoms with Gasteiger partial charge in [-0.1, -0.05) is 38.8 Å². The van der Waals surface area contributed by atoms with E-state index in [-0.39, 0.29) is 5.75 Å². The molecular weight excluding hydrogens is 428 g/mol. The predicted molar refractivity (Wildman–Crippen MR) is 85.5 cm³/mol. The minimum Gasteiger partial charge on any atom is -0.272 e. The zero-order valence-electron chi connectivity index (χ0n) is 11.0. The van der Waals surface area contributed by atoms with Gasteiger partial charge in [0.25, 0.3) is 5.91 Å². The summed E-state index contributed by atoms with van der Waals surface area (Å²) in [5.74, 6) is -0.730. The maximum Gasteiger partial charge on any atom is 0.345 e. The molecule has 0 radical (unpaired) electrons. The average Bonchev–Trinajstić information content (AvgIpc) is 2.64. The number of hydrogen-bond donors (Lipinski definition) is 0. The summed E-state index contributed by atoms with van der Waals surface area (Å²) in [6, 6.07) is 4.08. The molecule has 0 saturated carbocycles. The SMILES string of the molecule is CCCS(=O)(=O)N1CC(=O)N(c2cc(Br)cc(Br)c2)C1=O. The first-order valence-electron chi connectivity index (χ1n) is 6.09. The van der Waals surface area contributed by atoms with Gasteiger partial charge in [0, 0.05) is 8.95 Å². The van der Waals surface area contributed by atoms with E-state index in [0.717, 1.165) is 4.90 Å². The normalized spacial score (nSPS) is 16.0. The van der Waals surface area contributed by atoms with Gasteiger partial charge in [-0.2, -0.15) is 0 Å². The molecule has 0 unspecified atom stereocenters. The zero-order chi connectivity index (χ0) is 15.8. The van der Waals surface area contributed by atoms with Crippen molar-refractivity contribution in [1.29, 1.82) is 0 Å². The summed E-state index contributed by atoms with van der Waals surface area (Å²) in [6.45, 7) is 1.24. The topological polar surface area (TPSA) is 74.8 Å². The minimum absolute atomic E-state index is 0.165.